The number of nitrogens with zero attached hydrogens (tertiary/aromatic N) is 1. The van der Waals surface area contributed by atoms with Gasteiger partial charge in [0.15, 0.2) is 5.82 Å². The number of aryl methyl sites for hydroxylation is 1. The largest absolute Gasteiger partial charge is 0.360 e. The van der Waals surface area contributed by atoms with Crippen molar-refractivity contribution in [3.63, 3.8) is 0 Å². The summed E-state index contributed by atoms with van der Waals surface area (Å²) in [5.74, 6) is 1.29. The number of thioether (sulfide) groups is 1. The number of ketones is 1. The first-order chi connectivity index (χ1) is 13.1. The van der Waals surface area contributed by atoms with Gasteiger partial charge in [0.05, 0.1) is 5.92 Å². The van der Waals surface area contributed by atoms with Crippen molar-refractivity contribution in [1.29, 1.82) is 0 Å². The number of Topliss-reactive ketones (excluding diaryl/α,β-unsaturated/α-hetero) is 1. The zero-order valence-corrected chi connectivity index (χ0v) is 16.3. The molecule has 6 heteroatoms. The van der Waals surface area contributed by atoms with E-state index in [-0.39, 0.29) is 17.7 Å². The number of carbonyl (C=O) groups excluding carboxylic acids is 2. The second-order valence-corrected chi connectivity index (χ2v) is 9.01. The van der Waals surface area contributed by atoms with Crippen LogP contribution in [0.4, 0.5) is 5.82 Å². The molecule has 0 aliphatic heterocycles. The summed E-state index contributed by atoms with van der Waals surface area (Å²) in [5.41, 5.74) is 0.993. The first-order valence-corrected chi connectivity index (χ1v) is 10.5. The van der Waals surface area contributed by atoms with Crippen molar-refractivity contribution in [2.45, 2.75) is 61.5 Å². The Morgan fingerprint density at radius 1 is 1.30 bits per heavy atom. The molecule has 2 unspecified atom stereocenters. The minimum absolute atomic E-state index is 0.0924. The monoisotopic (exact) mass is 384 g/mol. The molecule has 1 aromatic carbocycles. The maximum Gasteiger partial charge on any atom is 0.233 e. The molecular formula is C21H24N2O3S. The van der Waals surface area contributed by atoms with Gasteiger partial charge in [0.2, 0.25) is 5.91 Å². The molecule has 1 amide bonds. The van der Waals surface area contributed by atoms with Crippen LogP contribution in [0.3, 0.4) is 0 Å². The summed E-state index contributed by atoms with van der Waals surface area (Å²) in [5, 5.41) is 7.49. The van der Waals surface area contributed by atoms with E-state index in [1.165, 1.54) is 17.7 Å². The molecule has 27 heavy (non-hydrogen) atoms. The Hall–Kier alpha value is -2.08. The number of benzene rings is 1. The van der Waals surface area contributed by atoms with Gasteiger partial charge in [-0.05, 0) is 56.2 Å². The van der Waals surface area contributed by atoms with Crippen molar-refractivity contribution in [3.8, 4) is 0 Å². The Labute approximate surface area is 163 Å². The summed E-state index contributed by atoms with van der Waals surface area (Å²) in [6.07, 6.45) is 5.38. The van der Waals surface area contributed by atoms with Gasteiger partial charge in [0.1, 0.15) is 11.5 Å². The fraction of sp³-hybridized carbons (Fsp3) is 0.476. The number of carbonyl (C=O) groups is 2. The van der Waals surface area contributed by atoms with E-state index < -0.39 is 0 Å². The molecule has 2 aromatic rings. The average Bonchev–Trinajstić information content (AvgIpc) is 3.22. The van der Waals surface area contributed by atoms with Gasteiger partial charge in [-0.1, -0.05) is 17.3 Å². The first-order valence-electron chi connectivity index (χ1n) is 9.59. The molecule has 0 radical (unpaired) electrons. The maximum absolute atomic E-state index is 13.0. The van der Waals surface area contributed by atoms with Crippen LogP contribution in [0.2, 0.25) is 0 Å². The van der Waals surface area contributed by atoms with Gasteiger partial charge in [0, 0.05) is 29.1 Å². The van der Waals surface area contributed by atoms with E-state index >= 15 is 0 Å². The Bertz CT molecular complexity index is 826. The zero-order chi connectivity index (χ0) is 18.8. The number of hydrogen-bond donors (Lipinski definition) is 1. The SMILES string of the molecule is Cc1cc(NC(=O)C(CC2CCC(=O)C2)c2ccc(SC3CC3)cc2)no1. The molecular weight excluding hydrogens is 360 g/mol. The van der Waals surface area contributed by atoms with Gasteiger partial charge in [-0.15, -0.1) is 11.8 Å². The van der Waals surface area contributed by atoms with Crippen LogP contribution in [0.5, 0.6) is 0 Å². The fourth-order valence-electron chi connectivity index (χ4n) is 3.62. The predicted octanol–water partition coefficient (Wildman–Crippen LogP) is 4.72. The Morgan fingerprint density at radius 3 is 2.67 bits per heavy atom. The smallest absolute Gasteiger partial charge is 0.233 e. The summed E-state index contributed by atoms with van der Waals surface area (Å²) in [6, 6.07) is 10.0. The zero-order valence-electron chi connectivity index (χ0n) is 15.4. The minimum atomic E-state index is -0.294. The average molecular weight is 385 g/mol. The molecule has 2 saturated carbocycles. The van der Waals surface area contributed by atoms with Crippen LogP contribution >= 0.6 is 11.8 Å². The van der Waals surface area contributed by atoms with Crippen molar-refractivity contribution in [2.75, 3.05) is 5.32 Å². The third-order valence-electron chi connectivity index (χ3n) is 5.22. The first kappa shape index (κ1) is 18.3. The van der Waals surface area contributed by atoms with Crippen LogP contribution in [0.25, 0.3) is 0 Å². The molecule has 4 rings (SSSR count). The molecule has 2 aliphatic carbocycles. The summed E-state index contributed by atoms with van der Waals surface area (Å²) < 4.78 is 5.04. The molecule has 2 aliphatic rings. The second-order valence-electron chi connectivity index (χ2n) is 7.63. The number of rotatable bonds is 7. The van der Waals surface area contributed by atoms with Gasteiger partial charge in [0.25, 0.3) is 0 Å². The lowest BCUT2D eigenvalue weighted by Crippen LogP contribution is -2.23. The summed E-state index contributed by atoms with van der Waals surface area (Å²) in [6.45, 7) is 1.79. The third-order valence-corrected chi connectivity index (χ3v) is 6.57. The Morgan fingerprint density at radius 2 is 2.07 bits per heavy atom. The van der Waals surface area contributed by atoms with Gasteiger partial charge >= 0.3 is 0 Å². The van der Waals surface area contributed by atoms with E-state index in [4.69, 9.17) is 4.52 Å². The normalized spacial score (nSPS) is 20.6. The third kappa shape index (κ3) is 4.80. The highest BCUT2D eigenvalue weighted by atomic mass is 32.2. The fourth-order valence-corrected chi connectivity index (χ4v) is 4.67. The van der Waals surface area contributed by atoms with Crippen LogP contribution in [0, 0.1) is 12.8 Å². The lowest BCUT2D eigenvalue weighted by Gasteiger charge is -2.20. The molecule has 0 saturated heterocycles. The number of aromatic nitrogens is 1. The molecule has 1 heterocycles. The topological polar surface area (TPSA) is 72.2 Å². The van der Waals surface area contributed by atoms with E-state index in [2.05, 4.69) is 34.7 Å². The molecule has 0 bridgehead atoms. The molecule has 5 nitrogen and oxygen atoms in total. The summed E-state index contributed by atoms with van der Waals surface area (Å²) in [7, 11) is 0. The van der Waals surface area contributed by atoms with Crippen molar-refractivity contribution < 1.29 is 14.1 Å². The van der Waals surface area contributed by atoms with Crippen LogP contribution in [0.15, 0.2) is 39.8 Å². The maximum atomic E-state index is 13.0. The summed E-state index contributed by atoms with van der Waals surface area (Å²) in [4.78, 5) is 25.9. The highest BCUT2D eigenvalue weighted by molar-refractivity contribution is 8.00. The quantitative estimate of drug-likeness (QED) is 0.748. The molecule has 2 atom stereocenters. The van der Waals surface area contributed by atoms with Crippen LogP contribution < -0.4 is 5.32 Å². The van der Waals surface area contributed by atoms with E-state index in [1.807, 2.05) is 11.8 Å². The van der Waals surface area contributed by atoms with Crippen molar-refractivity contribution >= 4 is 29.3 Å². The van der Waals surface area contributed by atoms with Gasteiger partial charge < -0.3 is 9.84 Å². The van der Waals surface area contributed by atoms with Crippen molar-refractivity contribution in [1.82, 2.24) is 5.16 Å². The van der Waals surface area contributed by atoms with E-state index in [1.54, 1.807) is 13.0 Å². The number of nitrogens with one attached hydrogen (secondary N) is 1. The molecule has 2 fully saturated rings. The molecule has 0 spiro atoms. The highest BCUT2D eigenvalue weighted by Gasteiger charge is 2.30. The van der Waals surface area contributed by atoms with Crippen molar-refractivity contribution in [2.24, 2.45) is 5.92 Å². The highest BCUT2D eigenvalue weighted by Crippen LogP contribution is 2.40. The van der Waals surface area contributed by atoms with E-state index in [9.17, 15) is 9.59 Å². The number of anilines is 1. The minimum Gasteiger partial charge on any atom is -0.360 e. The van der Waals surface area contributed by atoms with E-state index in [0.29, 0.717) is 36.6 Å². The van der Waals surface area contributed by atoms with Gasteiger partial charge in [-0.3, -0.25) is 9.59 Å². The molecule has 1 N–H and O–H groups in total. The number of hydrogen-bond acceptors (Lipinski definition) is 5. The Kier molecular flexibility index (Phi) is 5.34. The predicted molar refractivity (Wildman–Crippen MR) is 105 cm³/mol. The Balaban J connectivity index is 1.50. The second kappa shape index (κ2) is 7.89. The van der Waals surface area contributed by atoms with E-state index in [0.717, 1.165) is 17.2 Å². The van der Waals surface area contributed by atoms with Crippen LogP contribution in [0.1, 0.15) is 55.8 Å². The molecule has 142 valence electrons. The summed E-state index contributed by atoms with van der Waals surface area (Å²) >= 11 is 1.91. The van der Waals surface area contributed by atoms with Gasteiger partial charge in [-0.2, -0.15) is 0 Å². The number of amides is 1. The van der Waals surface area contributed by atoms with Crippen LogP contribution in [-0.2, 0) is 9.59 Å². The standard InChI is InChI=1S/C21H24N2O3S/c1-13-10-20(23-26-13)22-21(25)19(12-14-2-5-16(24)11-14)15-3-6-17(7-4-15)27-18-8-9-18/h3-4,6-7,10,14,18-19H,2,5,8-9,11-12H2,1H3,(H,22,23,25). The lowest BCUT2D eigenvalue weighted by atomic mass is 9.87. The lowest BCUT2D eigenvalue weighted by molar-refractivity contribution is -0.119. The van der Waals surface area contributed by atoms with Gasteiger partial charge in [-0.25, -0.2) is 0 Å². The molecule has 1 aromatic heterocycles. The van der Waals surface area contributed by atoms with Crippen molar-refractivity contribution in [3.05, 3.63) is 41.7 Å². The van der Waals surface area contributed by atoms with Crippen LogP contribution in [-0.4, -0.2) is 22.1 Å².